The van der Waals surface area contributed by atoms with E-state index in [9.17, 15) is 0 Å². The second kappa shape index (κ2) is 2.71. The topological polar surface area (TPSA) is 9.23 Å². The van der Waals surface area contributed by atoms with Gasteiger partial charge >= 0.3 is 0 Å². The van der Waals surface area contributed by atoms with E-state index >= 15 is 0 Å². The van der Waals surface area contributed by atoms with Gasteiger partial charge < -0.3 is 4.18 Å². The van der Waals surface area contributed by atoms with E-state index in [1.807, 2.05) is 21.2 Å². The van der Waals surface area contributed by atoms with Gasteiger partial charge in [0.1, 0.15) is 0 Å². The predicted octanol–water partition coefficient (Wildman–Crippen LogP) is 0.976. The van der Waals surface area contributed by atoms with E-state index in [1.165, 1.54) is 7.11 Å². The van der Waals surface area contributed by atoms with Gasteiger partial charge in [0.15, 0.2) is 0 Å². The van der Waals surface area contributed by atoms with Crippen molar-refractivity contribution < 1.29 is 4.18 Å². The number of rotatable bonds is 1. The second-order valence-electron chi connectivity index (χ2n) is 0.560. The smallest absolute Gasteiger partial charge is 0.0740 e. The van der Waals surface area contributed by atoms with Gasteiger partial charge in [-0.3, -0.25) is 0 Å². The average Bonchev–Trinajstić information content (AvgIpc) is 1.35. The van der Waals surface area contributed by atoms with Crippen LogP contribution in [-0.4, -0.2) is 7.11 Å². The van der Waals surface area contributed by atoms with Crippen LogP contribution in [0.4, 0.5) is 0 Å². The van der Waals surface area contributed by atoms with Crippen LogP contribution in [0.5, 0.6) is 0 Å². The first-order valence-electron chi connectivity index (χ1n) is 1.06. The van der Waals surface area contributed by atoms with E-state index in [0.29, 0.717) is 0 Å². The van der Waals surface area contributed by atoms with Gasteiger partial charge in [0.05, 0.1) is 11.7 Å². The molecule has 0 aromatic rings. The fourth-order valence-electron chi connectivity index (χ4n) is 0. The van der Waals surface area contributed by atoms with Crippen LogP contribution in [0.1, 0.15) is 0 Å². The summed E-state index contributed by atoms with van der Waals surface area (Å²) >= 11 is 11.2. The van der Waals surface area contributed by atoms with Crippen LogP contribution >= 0.6 is 21.2 Å². The number of hydrogen-bond donors (Lipinski definition) is 0. The van der Waals surface area contributed by atoms with E-state index in [2.05, 4.69) is 26.6 Å². The van der Waals surface area contributed by atoms with Crippen LogP contribution in [0, 0.1) is 0 Å². The minimum Gasteiger partial charge on any atom is -0.306 e. The summed E-state index contributed by atoms with van der Waals surface area (Å²) in [6.45, 7) is 0. The monoisotopic (exact) mass is 254 g/mol. The first kappa shape index (κ1) is 7.48. The Hall–Kier alpha value is 1.48. The molecule has 0 heterocycles. The van der Waals surface area contributed by atoms with Crippen LogP contribution in [0.15, 0.2) is 0 Å². The first-order valence-corrected chi connectivity index (χ1v) is 7.01. The minimum absolute atomic E-state index is 1.53. The third-order valence-electron chi connectivity index (χ3n) is 0.199. The van der Waals surface area contributed by atoms with Crippen LogP contribution < -0.4 is 0 Å². The molecule has 0 amide bonds. The normalized spacial score (nSPS) is 11.7. The molecule has 0 radical (unpaired) electrons. The lowest BCUT2D eigenvalue weighted by atomic mass is 11.8. The molecule has 38 valence electrons. The lowest BCUT2D eigenvalue weighted by Crippen LogP contribution is -1.81. The zero-order chi connectivity index (χ0) is 5.21. The fraction of sp³-hybridized carbons (Fsp3) is 1.00. The lowest BCUT2D eigenvalue weighted by Gasteiger charge is -1.90. The molecule has 0 spiro atoms. The molecule has 0 fully saturated rings. The summed E-state index contributed by atoms with van der Waals surface area (Å²) in [6.07, 6.45) is 0. The second-order valence-corrected chi connectivity index (χ2v) is 12.4. The van der Waals surface area contributed by atoms with Crippen molar-refractivity contribution in [3.63, 3.8) is 0 Å². The van der Waals surface area contributed by atoms with Gasteiger partial charge in [-0.25, -0.2) is 0 Å². The summed E-state index contributed by atoms with van der Waals surface area (Å²) < 4.78 is 3.11. The highest BCUT2D eigenvalue weighted by atomic mass is 127. The summed E-state index contributed by atoms with van der Waals surface area (Å²) in [5, 5.41) is 0. The Morgan fingerprint density at radius 1 is 1.67 bits per heavy atom. The highest BCUT2D eigenvalue weighted by Crippen LogP contribution is 2.01. The molecule has 1 nitrogen and oxygen atoms in total. The third-order valence-corrected chi connectivity index (χ3v) is 2.49. The summed E-state index contributed by atoms with van der Waals surface area (Å²) in [5.74, 6) is 0. The highest BCUT2D eigenvalue weighted by molar-refractivity contribution is 14.2. The largest absolute Gasteiger partial charge is 0.306 e. The van der Waals surface area contributed by atoms with Crippen LogP contribution in [0.3, 0.4) is 0 Å². The molecule has 0 saturated carbocycles. The van der Waals surface area contributed by atoms with Gasteiger partial charge in [0, 0.05) is 21.2 Å². The molecular weight excluding hydrogens is 251 g/mol. The molecule has 0 aromatic heterocycles. The van der Waals surface area contributed by atoms with Crippen molar-refractivity contribution >= 4 is 48.2 Å². The van der Waals surface area contributed by atoms with Gasteiger partial charge in [-0.15, -0.1) is 0 Å². The summed E-state index contributed by atoms with van der Waals surface area (Å²) in [6, 6.07) is 0. The molecule has 0 atom stereocenters. The fourth-order valence-corrected chi connectivity index (χ4v) is 0. The highest BCUT2D eigenvalue weighted by Gasteiger charge is 1.82. The van der Waals surface area contributed by atoms with Gasteiger partial charge in [-0.2, -0.15) is 0 Å². The molecule has 0 N–H and O–H groups in total. The molecule has 0 aliphatic carbocycles. The van der Waals surface area contributed by atoms with Gasteiger partial charge in [0.2, 0.25) is 0 Å². The van der Waals surface area contributed by atoms with E-state index in [4.69, 9.17) is 0 Å². The van der Waals surface area contributed by atoms with E-state index in [0.717, 1.165) is 0 Å². The Morgan fingerprint density at radius 3 is 1.83 bits per heavy atom. The molecule has 0 saturated heterocycles. The molecule has 0 rings (SSSR count). The van der Waals surface area contributed by atoms with Crippen molar-refractivity contribution in [2.75, 3.05) is 7.11 Å². The van der Waals surface area contributed by atoms with Crippen LogP contribution in [0.2, 0.25) is 0 Å². The van der Waals surface area contributed by atoms with E-state index in [1.54, 1.807) is 0 Å². The van der Waals surface area contributed by atoms with E-state index < -0.39 is 4.60 Å². The van der Waals surface area contributed by atoms with Crippen molar-refractivity contribution in [1.29, 1.82) is 0 Å². The molecule has 0 unspecified atom stereocenters. The van der Waals surface area contributed by atoms with E-state index in [-0.39, 0.29) is 0 Å². The average molecular weight is 254 g/mol. The predicted molar refractivity (Wildman–Crippen MR) is 43.1 cm³/mol. The minimum atomic E-state index is -1.53. The number of halogens is 1. The number of hydrogen-bond acceptors (Lipinski definition) is 3. The molecule has 0 aliphatic rings. The maximum absolute atomic E-state index is 4.65. The lowest BCUT2D eigenvalue weighted by molar-refractivity contribution is 0.492. The van der Waals surface area contributed by atoms with Crippen LogP contribution in [0.25, 0.3) is 0 Å². The van der Waals surface area contributed by atoms with Crippen LogP contribution in [-0.2, 0) is 31.2 Å². The molecule has 0 aromatic carbocycles. The van der Waals surface area contributed by atoms with Crippen molar-refractivity contribution in [3.05, 3.63) is 0 Å². The molecule has 0 bridgehead atoms. The van der Waals surface area contributed by atoms with Gasteiger partial charge in [-0.1, -0.05) is 0 Å². The summed E-state index contributed by atoms with van der Waals surface area (Å²) in [5.41, 5.74) is 0. The Balaban J connectivity index is 3.85. The quantitative estimate of drug-likeness (QED) is 0.510. The van der Waals surface area contributed by atoms with Crippen molar-refractivity contribution in [1.82, 2.24) is 0 Å². The molecule has 6 heavy (non-hydrogen) atoms. The van der Waals surface area contributed by atoms with Gasteiger partial charge in [-0.05, 0) is 22.4 Å². The standard InChI is InChI=1S/CH3IOS3/c1-3-6(2,4)5/h1H3. The van der Waals surface area contributed by atoms with Crippen molar-refractivity contribution in [2.45, 2.75) is 0 Å². The zero-order valence-electron chi connectivity index (χ0n) is 3.01. The summed E-state index contributed by atoms with van der Waals surface area (Å²) in [7, 11) is 1.53. The SMILES string of the molecule is COS(=S)(=S)I. The van der Waals surface area contributed by atoms with Gasteiger partial charge in [0.25, 0.3) is 0 Å². The Bertz CT molecular complexity index is 113. The van der Waals surface area contributed by atoms with Crippen molar-refractivity contribution in [3.8, 4) is 0 Å². The Kier molecular flexibility index (Phi) is 3.37. The third kappa shape index (κ3) is 5.48. The first-order chi connectivity index (χ1) is 2.56. The zero-order valence-corrected chi connectivity index (χ0v) is 7.62. The maximum atomic E-state index is 4.65. The molecule has 5 heteroatoms. The Morgan fingerprint density at radius 2 is 1.83 bits per heavy atom. The molecule has 0 aliphatic heterocycles. The maximum Gasteiger partial charge on any atom is 0.0740 e. The van der Waals surface area contributed by atoms with Crippen molar-refractivity contribution in [2.24, 2.45) is 0 Å². The summed E-state index contributed by atoms with van der Waals surface area (Å²) in [4.78, 5) is 0. The Labute approximate surface area is 59.0 Å². The molecular formula is CH3IOS3.